The third kappa shape index (κ3) is 3.94. The third-order valence-electron chi connectivity index (χ3n) is 8.53. The van der Waals surface area contributed by atoms with Crippen LogP contribution in [0.1, 0.15) is 43.9 Å². The van der Waals surface area contributed by atoms with Crippen LogP contribution < -0.4 is 0 Å². The smallest absolute Gasteiger partial charge is 0.139 e. The van der Waals surface area contributed by atoms with Gasteiger partial charge in [0.15, 0.2) is 0 Å². The van der Waals surface area contributed by atoms with Crippen LogP contribution in [-0.2, 0) is 0 Å². The lowest BCUT2D eigenvalue weighted by atomic mass is 9.58. The van der Waals surface area contributed by atoms with Crippen molar-refractivity contribution in [1.82, 2.24) is 14.9 Å². The molecule has 4 aromatic rings. The molecular formula is C35H35N3. The minimum atomic E-state index is -0.0394. The van der Waals surface area contributed by atoms with Crippen molar-refractivity contribution in [2.45, 2.75) is 27.2 Å². The maximum Gasteiger partial charge on any atom is 0.139 e. The van der Waals surface area contributed by atoms with Gasteiger partial charge in [-0.2, -0.15) is 0 Å². The molecule has 1 N–H and O–H groups in total. The molecule has 0 spiro atoms. The average molecular weight is 498 g/mol. The van der Waals surface area contributed by atoms with Crippen molar-refractivity contribution in [2.75, 3.05) is 13.1 Å². The first-order valence-electron chi connectivity index (χ1n) is 13.4. The van der Waals surface area contributed by atoms with Gasteiger partial charge in [-0.3, -0.25) is 0 Å². The summed E-state index contributed by atoms with van der Waals surface area (Å²) in [5, 5.41) is 0. The fourth-order valence-corrected chi connectivity index (χ4v) is 6.61. The van der Waals surface area contributed by atoms with Gasteiger partial charge in [-0.05, 0) is 35.3 Å². The number of aromatic nitrogens is 2. The SMILES string of the molecule is C=Cc1ccc(C2=CCC3(C)CN(C(=C)c4ccccc4-c4nc5ccccc5[nH]4)CC=C3C2(C)C)cc1. The minimum Gasteiger partial charge on any atom is -0.367 e. The van der Waals surface area contributed by atoms with Crippen LogP contribution in [0.15, 0.2) is 104 Å². The normalized spacial score (nSPS) is 20.4. The number of hydrogen-bond donors (Lipinski definition) is 1. The number of nitrogens with one attached hydrogen (secondary N) is 1. The largest absolute Gasteiger partial charge is 0.367 e. The highest BCUT2D eigenvalue weighted by molar-refractivity contribution is 5.84. The molecule has 0 amide bonds. The molecule has 0 fully saturated rings. The highest BCUT2D eigenvalue weighted by Gasteiger charge is 2.46. The van der Waals surface area contributed by atoms with Gasteiger partial charge in [0.25, 0.3) is 0 Å². The van der Waals surface area contributed by atoms with E-state index in [4.69, 9.17) is 4.98 Å². The fraction of sp³-hybridized carbons (Fsp3) is 0.229. The van der Waals surface area contributed by atoms with Gasteiger partial charge >= 0.3 is 0 Å². The lowest BCUT2D eigenvalue weighted by Crippen LogP contribution is -2.46. The highest BCUT2D eigenvalue weighted by Crippen LogP contribution is 2.55. The molecule has 3 nitrogen and oxygen atoms in total. The third-order valence-corrected chi connectivity index (χ3v) is 8.53. The molecule has 0 saturated heterocycles. The summed E-state index contributed by atoms with van der Waals surface area (Å²) in [4.78, 5) is 10.8. The second-order valence-corrected chi connectivity index (χ2v) is 11.4. The van der Waals surface area contributed by atoms with Gasteiger partial charge in [-0.15, -0.1) is 0 Å². The number of H-pyrrole nitrogens is 1. The molecule has 6 rings (SSSR count). The Morgan fingerprint density at radius 1 is 0.947 bits per heavy atom. The summed E-state index contributed by atoms with van der Waals surface area (Å²) < 4.78 is 0. The van der Waals surface area contributed by atoms with Crippen LogP contribution in [0.5, 0.6) is 0 Å². The van der Waals surface area contributed by atoms with Crippen LogP contribution >= 0.6 is 0 Å². The molecule has 190 valence electrons. The van der Waals surface area contributed by atoms with Gasteiger partial charge in [-0.25, -0.2) is 4.98 Å². The standard InChI is InChI=1S/C35H35N3/c1-6-25-15-17-26(18-16-25)29-19-21-35(5)23-38(22-20-32(35)34(29,3)4)24(2)27-11-7-8-12-28(27)33-36-30-13-9-10-14-31(30)37-33/h6-20H,1-2,21-23H2,3-5H3,(H,36,37). The molecule has 38 heavy (non-hydrogen) atoms. The van der Waals surface area contributed by atoms with Gasteiger partial charge in [0.2, 0.25) is 0 Å². The lowest BCUT2D eigenvalue weighted by molar-refractivity contribution is 0.219. The molecule has 1 aromatic heterocycles. The Balaban J connectivity index is 1.31. The number of aromatic amines is 1. The first-order valence-corrected chi connectivity index (χ1v) is 13.4. The molecule has 0 bridgehead atoms. The van der Waals surface area contributed by atoms with E-state index in [1.165, 1.54) is 16.7 Å². The number of imidazole rings is 1. The number of benzene rings is 3. The van der Waals surface area contributed by atoms with Gasteiger partial charge in [0.1, 0.15) is 5.82 Å². The topological polar surface area (TPSA) is 31.9 Å². The van der Waals surface area contributed by atoms with Crippen molar-refractivity contribution >= 4 is 28.4 Å². The van der Waals surface area contributed by atoms with Crippen molar-refractivity contribution in [3.05, 3.63) is 120 Å². The number of hydrogen-bond acceptors (Lipinski definition) is 2. The zero-order valence-corrected chi connectivity index (χ0v) is 22.6. The zero-order chi connectivity index (χ0) is 26.5. The molecule has 1 unspecified atom stereocenters. The van der Waals surface area contributed by atoms with Gasteiger partial charge < -0.3 is 9.88 Å². The fourth-order valence-electron chi connectivity index (χ4n) is 6.61. The number of rotatable bonds is 5. The second kappa shape index (κ2) is 9.02. The number of allylic oxidation sites excluding steroid dienone is 2. The highest BCUT2D eigenvalue weighted by atomic mass is 15.1. The first kappa shape index (κ1) is 24.2. The molecule has 1 aliphatic carbocycles. The Morgan fingerprint density at radius 3 is 2.45 bits per heavy atom. The van der Waals surface area contributed by atoms with Gasteiger partial charge in [0, 0.05) is 40.7 Å². The Kier molecular flexibility index (Phi) is 5.75. The maximum atomic E-state index is 4.88. The van der Waals surface area contributed by atoms with Crippen molar-refractivity contribution in [3.8, 4) is 11.4 Å². The molecule has 3 aromatic carbocycles. The number of para-hydroxylation sites is 2. The van der Waals surface area contributed by atoms with Crippen LogP contribution in [-0.4, -0.2) is 28.0 Å². The van der Waals surface area contributed by atoms with E-state index in [0.717, 1.165) is 58.8 Å². The van der Waals surface area contributed by atoms with E-state index in [1.807, 2.05) is 24.3 Å². The number of nitrogens with zero attached hydrogens (tertiary/aromatic N) is 2. The van der Waals surface area contributed by atoms with E-state index < -0.39 is 0 Å². The Morgan fingerprint density at radius 2 is 1.68 bits per heavy atom. The van der Waals surface area contributed by atoms with Gasteiger partial charge in [-0.1, -0.05) is 118 Å². The van der Waals surface area contributed by atoms with Crippen molar-refractivity contribution in [3.63, 3.8) is 0 Å². The first-order chi connectivity index (χ1) is 18.3. The summed E-state index contributed by atoms with van der Waals surface area (Å²) >= 11 is 0. The molecule has 1 aliphatic heterocycles. The molecule has 2 aliphatic rings. The summed E-state index contributed by atoms with van der Waals surface area (Å²) in [6.07, 6.45) is 7.84. The molecule has 3 heteroatoms. The van der Waals surface area contributed by atoms with Crippen LogP contribution in [0.2, 0.25) is 0 Å². The predicted molar refractivity (Wildman–Crippen MR) is 161 cm³/mol. The van der Waals surface area contributed by atoms with Crippen molar-refractivity contribution in [2.24, 2.45) is 10.8 Å². The van der Waals surface area contributed by atoms with E-state index in [2.05, 4.69) is 111 Å². The minimum absolute atomic E-state index is 0.0394. The average Bonchev–Trinajstić information content (AvgIpc) is 3.36. The van der Waals surface area contributed by atoms with E-state index >= 15 is 0 Å². The summed E-state index contributed by atoms with van der Waals surface area (Å²) in [5.41, 5.74) is 10.7. The van der Waals surface area contributed by atoms with E-state index in [1.54, 1.807) is 0 Å². The maximum absolute atomic E-state index is 4.88. The molecular weight excluding hydrogens is 462 g/mol. The zero-order valence-electron chi connectivity index (χ0n) is 22.6. The van der Waals surface area contributed by atoms with Crippen LogP contribution in [0.4, 0.5) is 0 Å². The van der Waals surface area contributed by atoms with E-state index in [-0.39, 0.29) is 10.8 Å². The van der Waals surface area contributed by atoms with Crippen LogP contribution in [0.25, 0.3) is 39.8 Å². The molecule has 0 saturated carbocycles. The summed E-state index contributed by atoms with van der Waals surface area (Å²) in [5.74, 6) is 0.885. The quantitative estimate of drug-likeness (QED) is 0.280. The Labute approximate surface area is 225 Å². The van der Waals surface area contributed by atoms with Gasteiger partial charge in [0.05, 0.1) is 11.0 Å². The van der Waals surface area contributed by atoms with Crippen LogP contribution in [0.3, 0.4) is 0 Å². The molecule has 1 atom stereocenters. The summed E-state index contributed by atoms with van der Waals surface area (Å²) in [6, 6.07) is 25.5. The Bertz CT molecular complexity index is 1580. The second-order valence-electron chi connectivity index (χ2n) is 11.4. The number of fused-ring (bicyclic) bond motifs is 2. The Hall–Kier alpha value is -4.11. The van der Waals surface area contributed by atoms with Crippen molar-refractivity contribution in [1.29, 1.82) is 0 Å². The predicted octanol–water partition coefficient (Wildman–Crippen LogP) is 8.61. The summed E-state index contributed by atoms with van der Waals surface area (Å²) in [7, 11) is 0. The lowest BCUT2D eigenvalue weighted by Gasteiger charge is -2.51. The van der Waals surface area contributed by atoms with Crippen molar-refractivity contribution < 1.29 is 0 Å². The monoisotopic (exact) mass is 497 g/mol. The van der Waals surface area contributed by atoms with Crippen LogP contribution in [0, 0.1) is 10.8 Å². The van der Waals surface area contributed by atoms with E-state index in [0.29, 0.717) is 0 Å². The molecule has 2 heterocycles. The van der Waals surface area contributed by atoms with E-state index in [9.17, 15) is 0 Å². The molecule has 0 radical (unpaired) electrons. The summed E-state index contributed by atoms with van der Waals surface area (Å²) in [6.45, 7) is 17.5.